The first-order valence-corrected chi connectivity index (χ1v) is 6.18. The molecular weight excluding hydrogens is 258 g/mol. The van der Waals surface area contributed by atoms with Crippen molar-refractivity contribution in [2.45, 2.75) is 19.8 Å². The maximum absolute atomic E-state index is 11.6. The number of hydrogen-bond donors (Lipinski definition) is 0. The van der Waals surface area contributed by atoms with Gasteiger partial charge >= 0.3 is 5.97 Å². The Morgan fingerprint density at radius 1 is 1.40 bits per heavy atom. The lowest BCUT2D eigenvalue weighted by atomic mass is 10.1. The maximum atomic E-state index is 11.6. The minimum atomic E-state index is -0.423. The Hall–Kier alpha value is -2.50. The van der Waals surface area contributed by atoms with Crippen LogP contribution in [0.25, 0.3) is 5.69 Å². The normalized spacial score (nSPS) is 10.6. The summed E-state index contributed by atoms with van der Waals surface area (Å²) in [7, 11) is 1.33. The number of carbonyl (C=O) groups is 2. The van der Waals surface area contributed by atoms with Crippen molar-refractivity contribution in [1.82, 2.24) is 15.0 Å². The fraction of sp³-hybridized carbons (Fsp3) is 0.286. The van der Waals surface area contributed by atoms with Crippen molar-refractivity contribution in [3.8, 4) is 5.69 Å². The van der Waals surface area contributed by atoms with Crippen LogP contribution in [0.2, 0.25) is 0 Å². The molecule has 0 aliphatic rings. The van der Waals surface area contributed by atoms with Crippen molar-refractivity contribution in [3.63, 3.8) is 0 Å². The molecule has 0 aliphatic heterocycles. The largest absolute Gasteiger partial charge is 0.465 e. The van der Waals surface area contributed by atoms with Crippen molar-refractivity contribution < 1.29 is 14.3 Å². The molecule has 0 fully saturated rings. The summed E-state index contributed by atoms with van der Waals surface area (Å²) in [4.78, 5) is 22.6. The average molecular weight is 273 g/mol. The molecule has 0 saturated carbocycles. The van der Waals surface area contributed by atoms with Gasteiger partial charge in [0.15, 0.2) is 6.29 Å². The summed E-state index contributed by atoms with van der Waals surface area (Å²) in [6, 6.07) is 6.83. The van der Waals surface area contributed by atoms with Crippen LogP contribution in [0.1, 0.15) is 46.3 Å². The molecule has 20 heavy (non-hydrogen) atoms. The average Bonchev–Trinajstić information content (AvgIpc) is 2.90. The Morgan fingerprint density at radius 2 is 2.15 bits per heavy atom. The van der Waals surface area contributed by atoms with Gasteiger partial charge in [0.25, 0.3) is 0 Å². The molecule has 1 heterocycles. The standard InChI is InChI=1S/C14H15N3O3/c1-9(2)13-12(8-18)15-16-17(13)11-6-4-5-10(7-11)14(19)20-3/h4-9H,1-3H3. The van der Waals surface area contributed by atoms with Crippen LogP contribution in [0.5, 0.6) is 0 Å². The lowest BCUT2D eigenvalue weighted by Crippen LogP contribution is -2.07. The molecular formula is C14H15N3O3. The highest BCUT2D eigenvalue weighted by atomic mass is 16.5. The lowest BCUT2D eigenvalue weighted by molar-refractivity contribution is 0.0600. The third-order valence-corrected chi connectivity index (χ3v) is 2.90. The summed E-state index contributed by atoms with van der Waals surface area (Å²) in [5, 5.41) is 7.84. The summed E-state index contributed by atoms with van der Waals surface area (Å²) in [5.74, 6) is -0.347. The van der Waals surface area contributed by atoms with E-state index < -0.39 is 5.97 Å². The summed E-state index contributed by atoms with van der Waals surface area (Å²) in [5.41, 5.74) is 2.10. The van der Waals surface area contributed by atoms with E-state index in [1.165, 1.54) is 7.11 Å². The van der Waals surface area contributed by atoms with Gasteiger partial charge in [-0.05, 0) is 24.1 Å². The first-order chi connectivity index (χ1) is 9.58. The Morgan fingerprint density at radius 3 is 2.75 bits per heavy atom. The molecule has 1 aromatic carbocycles. The number of esters is 1. The maximum Gasteiger partial charge on any atom is 0.337 e. The van der Waals surface area contributed by atoms with E-state index in [1.54, 1.807) is 28.9 Å². The molecule has 0 aliphatic carbocycles. The fourth-order valence-corrected chi connectivity index (χ4v) is 2.00. The molecule has 0 amide bonds. The van der Waals surface area contributed by atoms with Crippen LogP contribution in [-0.2, 0) is 4.74 Å². The van der Waals surface area contributed by atoms with E-state index in [0.29, 0.717) is 28.9 Å². The first kappa shape index (κ1) is 13.9. The second-order valence-electron chi connectivity index (χ2n) is 4.59. The Bertz CT molecular complexity index is 647. The van der Waals surface area contributed by atoms with Gasteiger partial charge in [-0.15, -0.1) is 5.10 Å². The Labute approximate surface area is 116 Å². The Kier molecular flexibility index (Phi) is 3.93. The quantitative estimate of drug-likeness (QED) is 0.629. The molecule has 6 heteroatoms. The van der Waals surface area contributed by atoms with E-state index in [-0.39, 0.29) is 5.92 Å². The lowest BCUT2D eigenvalue weighted by Gasteiger charge is -2.10. The van der Waals surface area contributed by atoms with Gasteiger partial charge in [0.1, 0.15) is 5.69 Å². The van der Waals surface area contributed by atoms with Gasteiger partial charge in [-0.3, -0.25) is 4.79 Å². The van der Waals surface area contributed by atoms with Gasteiger partial charge in [0.05, 0.1) is 24.1 Å². The highest BCUT2D eigenvalue weighted by molar-refractivity contribution is 5.89. The molecule has 2 rings (SSSR count). The second-order valence-corrected chi connectivity index (χ2v) is 4.59. The first-order valence-electron chi connectivity index (χ1n) is 6.18. The molecule has 0 unspecified atom stereocenters. The van der Waals surface area contributed by atoms with E-state index >= 15 is 0 Å². The molecule has 0 bridgehead atoms. The monoisotopic (exact) mass is 273 g/mol. The molecule has 0 atom stereocenters. The molecule has 6 nitrogen and oxygen atoms in total. The van der Waals surface area contributed by atoms with E-state index in [2.05, 4.69) is 10.3 Å². The van der Waals surface area contributed by atoms with Crippen molar-refractivity contribution in [2.24, 2.45) is 0 Å². The van der Waals surface area contributed by atoms with Crippen molar-refractivity contribution >= 4 is 12.3 Å². The third-order valence-electron chi connectivity index (χ3n) is 2.90. The number of aromatic nitrogens is 3. The van der Waals surface area contributed by atoms with Crippen molar-refractivity contribution in [3.05, 3.63) is 41.2 Å². The number of benzene rings is 1. The minimum absolute atomic E-state index is 0.0759. The molecule has 1 aromatic heterocycles. The molecule has 0 radical (unpaired) electrons. The Balaban J connectivity index is 2.54. The van der Waals surface area contributed by atoms with E-state index in [4.69, 9.17) is 4.74 Å². The van der Waals surface area contributed by atoms with Crippen LogP contribution in [0.3, 0.4) is 0 Å². The molecule has 0 N–H and O–H groups in total. The summed E-state index contributed by atoms with van der Waals surface area (Å²) in [6.45, 7) is 3.90. The fourth-order valence-electron chi connectivity index (χ4n) is 2.00. The summed E-state index contributed by atoms with van der Waals surface area (Å²) >= 11 is 0. The van der Waals surface area contributed by atoms with Gasteiger partial charge in [0.2, 0.25) is 0 Å². The number of aldehydes is 1. The second kappa shape index (κ2) is 5.64. The van der Waals surface area contributed by atoms with E-state index in [0.717, 1.165) is 0 Å². The molecule has 2 aromatic rings. The van der Waals surface area contributed by atoms with E-state index in [9.17, 15) is 9.59 Å². The van der Waals surface area contributed by atoms with Gasteiger partial charge in [-0.25, -0.2) is 9.48 Å². The number of methoxy groups -OCH3 is 1. The molecule has 104 valence electrons. The number of nitrogens with zero attached hydrogens (tertiary/aromatic N) is 3. The highest BCUT2D eigenvalue weighted by Crippen LogP contribution is 2.21. The SMILES string of the molecule is COC(=O)c1cccc(-n2nnc(C=O)c2C(C)C)c1. The van der Waals surface area contributed by atoms with Gasteiger partial charge in [-0.2, -0.15) is 0 Å². The van der Waals surface area contributed by atoms with Crippen LogP contribution < -0.4 is 0 Å². The number of rotatable bonds is 4. The smallest absolute Gasteiger partial charge is 0.337 e. The van der Waals surface area contributed by atoms with Crippen molar-refractivity contribution in [1.29, 1.82) is 0 Å². The van der Waals surface area contributed by atoms with Crippen LogP contribution >= 0.6 is 0 Å². The zero-order valence-corrected chi connectivity index (χ0v) is 11.5. The summed E-state index contributed by atoms with van der Waals surface area (Å²) in [6.07, 6.45) is 0.684. The number of ether oxygens (including phenoxy) is 1. The van der Waals surface area contributed by atoms with Crippen LogP contribution in [0.4, 0.5) is 0 Å². The van der Waals surface area contributed by atoms with Crippen LogP contribution in [0, 0.1) is 0 Å². The van der Waals surface area contributed by atoms with Crippen molar-refractivity contribution in [2.75, 3.05) is 7.11 Å². The zero-order valence-electron chi connectivity index (χ0n) is 11.5. The molecule has 0 saturated heterocycles. The zero-order chi connectivity index (χ0) is 14.7. The molecule has 0 spiro atoms. The summed E-state index contributed by atoms with van der Waals surface area (Å²) < 4.78 is 6.26. The van der Waals surface area contributed by atoms with Crippen LogP contribution in [0.15, 0.2) is 24.3 Å². The predicted octanol–water partition coefficient (Wildman–Crippen LogP) is 1.99. The number of carbonyl (C=O) groups excluding carboxylic acids is 2. The highest BCUT2D eigenvalue weighted by Gasteiger charge is 2.17. The number of hydrogen-bond acceptors (Lipinski definition) is 5. The van der Waals surface area contributed by atoms with Gasteiger partial charge in [-0.1, -0.05) is 25.1 Å². The topological polar surface area (TPSA) is 74.1 Å². The van der Waals surface area contributed by atoms with E-state index in [1.807, 2.05) is 13.8 Å². The van der Waals surface area contributed by atoms with Gasteiger partial charge < -0.3 is 4.74 Å². The predicted molar refractivity (Wildman–Crippen MR) is 72.2 cm³/mol. The van der Waals surface area contributed by atoms with Crippen LogP contribution in [-0.4, -0.2) is 34.4 Å². The third kappa shape index (κ3) is 2.45. The minimum Gasteiger partial charge on any atom is -0.465 e. The van der Waals surface area contributed by atoms with Gasteiger partial charge in [0, 0.05) is 0 Å².